The first-order valence-corrected chi connectivity index (χ1v) is 8.57. The van der Waals surface area contributed by atoms with Gasteiger partial charge in [-0.25, -0.2) is 12.7 Å². The van der Waals surface area contributed by atoms with Crippen molar-refractivity contribution in [1.82, 2.24) is 4.31 Å². The standard InChI is InChI=1S/C14H22N2O2S2/c1-11(2)7-8-16(3)20(17,18)10-12-5-4-6-13(9-12)14(15)19/h4-6,9,11H,7-8,10H2,1-3H3,(H2,15,19). The number of thiocarbonyl (C=S) groups is 1. The predicted molar refractivity (Wildman–Crippen MR) is 87.0 cm³/mol. The van der Waals surface area contributed by atoms with Crippen LogP contribution in [0.2, 0.25) is 0 Å². The van der Waals surface area contributed by atoms with Crippen molar-refractivity contribution >= 4 is 27.2 Å². The molecule has 0 unspecified atom stereocenters. The molecule has 0 aliphatic heterocycles. The third kappa shape index (κ3) is 5.19. The van der Waals surface area contributed by atoms with E-state index in [2.05, 4.69) is 13.8 Å². The molecule has 0 atom stereocenters. The molecule has 0 heterocycles. The Labute approximate surface area is 127 Å². The van der Waals surface area contributed by atoms with E-state index in [0.717, 1.165) is 6.42 Å². The SMILES string of the molecule is CC(C)CCN(C)S(=O)(=O)Cc1cccc(C(N)=S)c1. The van der Waals surface area contributed by atoms with E-state index < -0.39 is 10.0 Å². The van der Waals surface area contributed by atoms with Gasteiger partial charge in [-0.3, -0.25) is 0 Å². The van der Waals surface area contributed by atoms with Gasteiger partial charge < -0.3 is 5.73 Å². The molecule has 2 N–H and O–H groups in total. The van der Waals surface area contributed by atoms with Crippen molar-refractivity contribution in [3.63, 3.8) is 0 Å². The topological polar surface area (TPSA) is 63.4 Å². The maximum Gasteiger partial charge on any atom is 0.218 e. The number of nitrogens with two attached hydrogens (primary N) is 1. The van der Waals surface area contributed by atoms with Crippen LogP contribution in [-0.4, -0.2) is 31.3 Å². The summed E-state index contributed by atoms with van der Waals surface area (Å²) < 4.78 is 25.9. The van der Waals surface area contributed by atoms with Gasteiger partial charge in [0.05, 0.1) is 5.75 Å². The molecule has 1 aromatic rings. The van der Waals surface area contributed by atoms with Gasteiger partial charge in [0.2, 0.25) is 10.0 Å². The van der Waals surface area contributed by atoms with Crippen LogP contribution in [0.5, 0.6) is 0 Å². The summed E-state index contributed by atoms with van der Waals surface area (Å²) in [5, 5.41) is 0. The molecule has 6 heteroatoms. The lowest BCUT2D eigenvalue weighted by atomic mass is 10.1. The zero-order chi connectivity index (χ0) is 15.3. The van der Waals surface area contributed by atoms with E-state index in [-0.39, 0.29) is 10.7 Å². The molecule has 20 heavy (non-hydrogen) atoms. The zero-order valence-corrected chi connectivity index (χ0v) is 13.8. The fraction of sp³-hybridized carbons (Fsp3) is 0.500. The van der Waals surface area contributed by atoms with Crippen molar-refractivity contribution in [1.29, 1.82) is 0 Å². The van der Waals surface area contributed by atoms with E-state index >= 15 is 0 Å². The summed E-state index contributed by atoms with van der Waals surface area (Å²) in [5.41, 5.74) is 6.95. The van der Waals surface area contributed by atoms with Crippen LogP contribution in [0.15, 0.2) is 24.3 Å². The van der Waals surface area contributed by atoms with Crippen molar-refractivity contribution in [3.05, 3.63) is 35.4 Å². The van der Waals surface area contributed by atoms with Crippen LogP contribution >= 0.6 is 12.2 Å². The number of nitrogens with zero attached hydrogens (tertiary/aromatic N) is 1. The van der Waals surface area contributed by atoms with Crippen molar-refractivity contribution in [2.45, 2.75) is 26.0 Å². The van der Waals surface area contributed by atoms with Crippen LogP contribution in [0.4, 0.5) is 0 Å². The van der Waals surface area contributed by atoms with E-state index in [4.69, 9.17) is 18.0 Å². The van der Waals surface area contributed by atoms with Gasteiger partial charge in [-0.15, -0.1) is 0 Å². The minimum absolute atomic E-state index is 0.0297. The minimum Gasteiger partial charge on any atom is -0.389 e. The largest absolute Gasteiger partial charge is 0.389 e. The van der Waals surface area contributed by atoms with Gasteiger partial charge in [0.15, 0.2) is 0 Å². The fourth-order valence-electron chi connectivity index (χ4n) is 1.71. The Kier molecular flexibility index (Phi) is 6.10. The van der Waals surface area contributed by atoms with Crippen LogP contribution in [0.1, 0.15) is 31.4 Å². The smallest absolute Gasteiger partial charge is 0.218 e. The Bertz CT molecular complexity index is 568. The molecule has 1 rings (SSSR count). The second-order valence-corrected chi connectivity index (χ2v) is 7.84. The monoisotopic (exact) mass is 314 g/mol. The Morgan fingerprint density at radius 3 is 2.60 bits per heavy atom. The van der Waals surface area contributed by atoms with Crippen LogP contribution in [0.3, 0.4) is 0 Å². The summed E-state index contributed by atoms with van der Waals surface area (Å²) in [5.74, 6) is 0.448. The van der Waals surface area contributed by atoms with Crippen molar-refractivity contribution < 1.29 is 8.42 Å². The lowest BCUT2D eigenvalue weighted by Crippen LogP contribution is -2.29. The minimum atomic E-state index is -3.30. The third-order valence-corrected chi connectivity index (χ3v) is 5.12. The van der Waals surface area contributed by atoms with Gasteiger partial charge in [-0.2, -0.15) is 0 Å². The van der Waals surface area contributed by atoms with E-state index in [1.165, 1.54) is 4.31 Å². The average molecular weight is 314 g/mol. The van der Waals surface area contributed by atoms with Gasteiger partial charge in [-0.1, -0.05) is 44.3 Å². The van der Waals surface area contributed by atoms with Crippen LogP contribution in [0, 0.1) is 5.92 Å². The molecule has 1 aromatic carbocycles. The molecule has 0 amide bonds. The molecule has 0 saturated carbocycles. The second kappa shape index (κ2) is 7.15. The molecule has 4 nitrogen and oxygen atoms in total. The first kappa shape index (κ1) is 17.1. The molecule has 0 aromatic heterocycles. The highest BCUT2D eigenvalue weighted by Crippen LogP contribution is 2.13. The van der Waals surface area contributed by atoms with E-state index in [1.54, 1.807) is 31.3 Å². The molecule has 0 radical (unpaired) electrons. The molecule has 0 aliphatic rings. The Balaban J connectivity index is 2.80. The highest BCUT2D eigenvalue weighted by molar-refractivity contribution is 7.88. The van der Waals surface area contributed by atoms with Crippen LogP contribution < -0.4 is 5.73 Å². The third-order valence-electron chi connectivity index (χ3n) is 3.06. The maximum atomic E-state index is 12.3. The average Bonchev–Trinajstić information content (AvgIpc) is 2.35. The molecule has 112 valence electrons. The summed E-state index contributed by atoms with van der Waals surface area (Å²) in [6.45, 7) is 4.69. The molecule has 0 aliphatic carbocycles. The van der Waals surface area contributed by atoms with Crippen LogP contribution in [-0.2, 0) is 15.8 Å². The first-order valence-electron chi connectivity index (χ1n) is 6.55. The lowest BCUT2D eigenvalue weighted by Gasteiger charge is -2.18. The molecule has 0 spiro atoms. The molecule has 0 saturated heterocycles. The number of hydrogen-bond donors (Lipinski definition) is 1. The fourth-order valence-corrected chi connectivity index (χ4v) is 3.05. The first-order chi connectivity index (χ1) is 9.22. The van der Waals surface area contributed by atoms with Gasteiger partial charge >= 0.3 is 0 Å². The number of sulfonamides is 1. The number of hydrogen-bond acceptors (Lipinski definition) is 3. The molecule has 0 fully saturated rings. The van der Waals surface area contributed by atoms with Crippen molar-refractivity contribution in [2.24, 2.45) is 11.7 Å². The normalized spacial score (nSPS) is 12.1. The predicted octanol–water partition coefficient (Wildman–Crippen LogP) is 2.13. The highest BCUT2D eigenvalue weighted by atomic mass is 32.2. The Hall–Kier alpha value is -0.980. The number of benzene rings is 1. The van der Waals surface area contributed by atoms with E-state index in [9.17, 15) is 8.42 Å². The number of rotatable bonds is 7. The molecular formula is C14H22N2O2S2. The van der Waals surface area contributed by atoms with E-state index in [1.807, 2.05) is 0 Å². The summed E-state index contributed by atoms with van der Waals surface area (Å²) in [6, 6.07) is 7.06. The van der Waals surface area contributed by atoms with Gasteiger partial charge in [0.25, 0.3) is 0 Å². The Morgan fingerprint density at radius 2 is 2.05 bits per heavy atom. The quantitative estimate of drug-likeness (QED) is 0.783. The van der Waals surface area contributed by atoms with Crippen molar-refractivity contribution in [3.8, 4) is 0 Å². The Morgan fingerprint density at radius 1 is 1.40 bits per heavy atom. The highest BCUT2D eigenvalue weighted by Gasteiger charge is 2.18. The second-order valence-electron chi connectivity index (χ2n) is 5.32. The van der Waals surface area contributed by atoms with Crippen molar-refractivity contribution in [2.75, 3.05) is 13.6 Å². The molecule has 0 bridgehead atoms. The lowest BCUT2D eigenvalue weighted by molar-refractivity contribution is 0.427. The zero-order valence-electron chi connectivity index (χ0n) is 12.2. The van der Waals surface area contributed by atoms with E-state index in [0.29, 0.717) is 23.6 Å². The molecular weight excluding hydrogens is 292 g/mol. The van der Waals surface area contributed by atoms with Gasteiger partial charge in [0.1, 0.15) is 4.99 Å². The summed E-state index contributed by atoms with van der Waals surface area (Å²) >= 11 is 4.90. The summed E-state index contributed by atoms with van der Waals surface area (Å²) in [6.07, 6.45) is 0.850. The summed E-state index contributed by atoms with van der Waals surface area (Å²) in [4.78, 5) is 0.275. The van der Waals surface area contributed by atoms with Crippen LogP contribution in [0.25, 0.3) is 0 Å². The van der Waals surface area contributed by atoms with Gasteiger partial charge in [0, 0.05) is 19.2 Å². The summed E-state index contributed by atoms with van der Waals surface area (Å²) in [7, 11) is -1.68. The maximum absolute atomic E-state index is 12.3. The van der Waals surface area contributed by atoms with Gasteiger partial charge in [-0.05, 0) is 24.0 Å².